The summed E-state index contributed by atoms with van der Waals surface area (Å²) >= 11 is 13.6. The standard InChI is InChI=1S/C22H16Cl2N2OS/c1-13-6-7-15(24)12-19(13)26-22(27)20-21(17-4-2-3-5-18(17)25-20)28-16-10-8-14(23)9-11-16/h2-12,25H,1H3,(H,26,27). The van der Waals surface area contributed by atoms with Gasteiger partial charge in [-0.25, -0.2) is 0 Å². The molecule has 4 rings (SSSR count). The van der Waals surface area contributed by atoms with E-state index in [4.69, 9.17) is 23.2 Å². The highest BCUT2D eigenvalue weighted by molar-refractivity contribution is 7.99. The minimum absolute atomic E-state index is 0.210. The van der Waals surface area contributed by atoms with Crippen molar-refractivity contribution in [3.63, 3.8) is 0 Å². The second-order valence-electron chi connectivity index (χ2n) is 6.34. The van der Waals surface area contributed by atoms with Crippen molar-refractivity contribution in [3.05, 3.63) is 88.0 Å². The van der Waals surface area contributed by atoms with E-state index in [2.05, 4.69) is 10.3 Å². The van der Waals surface area contributed by atoms with Gasteiger partial charge in [0.1, 0.15) is 5.69 Å². The third-order valence-electron chi connectivity index (χ3n) is 4.37. The molecule has 0 bridgehead atoms. The zero-order valence-corrected chi connectivity index (χ0v) is 17.3. The Morgan fingerprint density at radius 3 is 2.46 bits per heavy atom. The van der Waals surface area contributed by atoms with Gasteiger partial charge in [-0.2, -0.15) is 0 Å². The molecule has 3 aromatic carbocycles. The fourth-order valence-electron chi connectivity index (χ4n) is 2.92. The lowest BCUT2D eigenvalue weighted by molar-refractivity contribution is 0.102. The molecule has 0 radical (unpaired) electrons. The van der Waals surface area contributed by atoms with Crippen molar-refractivity contribution in [2.75, 3.05) is 5.32 Å². The van der Waals surface area contributed by atoms with Gasteiger partial charge in [-0.3, -0.25) is 4.79 Å². The Hall–Kier alpha value is -2.40. The number of aryl methyl sites for hydroxylation is 1. The average molecular weight is 427 g/mol. The van der Waals surface area contributed by atoms with Crippen LogP contribution < -0.4 is 5.32 Å². The predicted molar refractivity (Wildman–Crippen MR) is 118 cm³/mol. The van der Waals surface area contributed by atoms with Gasteiger partial charge in [-0.05, 0) is 55.0 Å². The number of H-pyrrole nitrogens is 1. The molecule has 140 valence electrons. The van der Waals surface area contributed by atoms with Crippen LogP contribution in [0.15, 0.2) is 76.5 Å². The van der Waals surface area contributed by atoms with Crippen molar-refractivity contribution in [1.82, 2.24) is 4.98 Å². The van der Waals surface area contributed by atoms with Crippen LogP contribution in [0.3, 0.4) is 0 Å². The van der Waals surface area contributed by atoms with E-state index < -0.39 is 0 Å². The third-order valence-corrected chi connectivity index (χ3v) is 5.99. The van der Waals surface area contributed by atoms with Gasteiger partial charge in [0.05, 0.1) is 4.90 Å². The van der Waals surface area contributed by atoms with E-state index in [0.717, 1.165) is 26.3 Å². The average Bonchev–Trinajstić information content (AvgIpc) is 3.05. The first-order chi connectivity index (χ1) is 13.5. The number of carbonyl (C=O) groups is 1. The van der Waals surface area contributed by atoms with Gasteiger partial charge in [0.2, 0.25) is 0 Å². The minimum atomic E-state index is -0.210. The van der Waals surface area contributed by atoms with Gasteiger partial charge in [0.15, 0.2) is 0 Å². The first-order valence-corrected chi connectivity index (χ1v) is 10.2. The molecule has 0 atom stereocenters. The number of aromatic amines is 1. The van der Waals surface area contributed by atoms with Crippen LogP contribution in [0.2, 0.25) is 10.0 Å². The first-order valence-electron chi connectivity index (χ1n) is 8.63. The van der Waals surface area contributed by atoms with Gasteiger partial charge in [-0.15, -0.1) is 0 Å². The molecule has 28 heavy (non-hydrogen) atoms. The fraction of sp³-hybridized carbons (Fsp3) is 0.0455. The first kappa shape index (κ1) is 18.9. The molecular formula is C22H16Cl2N2OS. The van der Waals surface area contributed by atoms with Crippen molar-refractivity contribution >= 4 is 57.5 Å². The molecule has 0 aliphatic carbocycles. The molecule has 1 heterocycles. The van der Waals surface area contributed by atoms with Crippen LogP contribution in [-0.2, 0) is 0 Å². The van der Waals surface area contributed by atoms with Crippen LogP contribution >= 0.6 is 35.0 Å². The summed E-state index contributed by atoms with van der Waals surface area (Å²) < 4.78 is 0. The number of aromatic nitrogens is 1. The quantitative estimate of drug-likeness (QED) is 0.362. The highest BCUT2D eigenvalue weighted by Gasteiger charge is 2.19. The van der Waals surface area contributed by atoms with E-state index >= 15 is 0 Å². The summed E-state index contributed by atoms with van der Waals surface area (Å²) in [5.74, 6) is -0.210. The molecule has 0 fully saturated rings. The zero-order chi connectivity index (χ0) is 19.7. The lowest BCUT2D eigenvalue weighted by atomic mass is 10.2. The molecule has 0 saturated heterocycles. The van der Waals surface area contributed by atoms with Gasteiger partial charge in [0.25, 0.3) is 5.91 Å². The van der Waals surface area contributed by atoms with E-state index in [1.165, 1.54) is 11.8 Å². The number of hydrogen-bond acceptors (Lipinski definition) is 2. The Morgan fingerprint density at radius 2 is 1.68 bits per heavy atom. The molecule has 0 saturated carbocycles. The van der Waals surface area contributed by atoms with Gasteiger partial charge in [-0.1, -0.05) is 59.2 Å². The monoisotopic (exact) mass is 426 g/mol. The molecule has 3 nitrogen and oxygen atoms in total. The molecule has 2 N–H and O–H groups in total. The SMILES string of the molecule is Cc1ccc(Cl)cc1NC(=O)c1[nH]c2ccccc2c1Sc1ccc(Cl)cc1. The maximum Gasteiger partial charge on any atom is 0.273 e. The Labute approximate surface area is 177 Å². The summed E-state index contributed by atoms with van der Waals surface area (Å²) in [5, 5.41) is 5.23. The van der Waals surface area contributed by atoms with Crippen molar-refractivity contribution < 1.29 is 4.79 Å². The van der Waals surface area contributed by atoms with Crippen LogP contribution in [-0.4, -0.2) is 10.9 Å². The van der Waals surface area contributed by atoms with E-state index in [1.54, 1.807) is 12.1 Å². The van der Waals surface area contributed by atoms with E-state index in [9.17, 15) is 4.79 Å². The van der Waals surface area contributed by atoms with Crippen LogP contribution in [0.5, 0.6) is 0 Å². The van der Waals surface area contributed by atoms with Crippen LogP contribution in [0.1, 0.15) is 16.1 Å². The topological polar surface area (TPSA) is 44.9 Å². The Bertz CT molecular complexity index is 1170. The summed E-state index contributed by atoms with van der Waals surface area (Å²) in [4.78, 5) is 18.2. The summed E-state index contributed by atoms with van der Waals surface area (Å²) in [5.41, 5.74) is 3.06. The van der Waals surface area contributed by atoms with Crippen LogP contribution in [0, 0.1) is 6.92 Å². The van der Waals surface area contributed by atoms with Gasteiger partial charge < -0.3 is 10.3 Å². The normalized spacial score (nSPS) is 11.0. The molecule has 1 amide bonds. The van der Waals surface area contributed by atoms with Gasteiger partial charge >= 0.3 is 0 Å². The van der Waals surface area contributed by atoms with E-state index in [-0.39, 0.29) is 5.91 Å². The summed E-state index contributed by atoms with van der Waals surface area (Å²) in [7, 11) is 0. The number of halogens is 2. The number of benzene rings is 3. The fourth-order valence-corrected chi connectivity index (χ4v) is 4.26. The number of anilines is 1. The smallest absolute Gasteiger partial charge is 0.273 e. The van der Waals surface area contributed by atoms with Crippen LogP contribution in [0.4, 0.5) is 5.69 Å². The number of fused-ring (bicyclic) bond motifs is 1. The number of para-hydroxylation sites is 1. The maximum absolute atomic E-state index is 13.1. The van der Waals surface area contributed by atoms with Crippen molar-refractivity contribution in [2.24, 2.45) is 0 Å². The number of nitrogens with one attached hydrogen (secondary N) is 2. The lowest BCUT2D eigenvalue weighted by Gasteiger charge is -2.10. The second-order valence-corrected chi connectivity index (χ2v) is 8.30. The number of amides is 1. The lowest BCUT2D eigenvalue weighted by Crippen LogP contribution is -2.14. The van der Waals surface area contributed by atoms with E-state index in [1.807, 2.05) is 61.5 Å². The second kappa shape index (κ2) is 7.92. The highest BCUT2D eigenvalue weighted by atomic mass is 35.5. The molecule has 0 aliphatic heterocycles. The van der Waals surface area contributed by atoms with Crippen molar-refractivity contribution in [3.8, 4) is 0 Å². The Balaban J connectivity index is 1.74. The molecule has 0 aliphatic rings. The van der Waals surface area contributed by atoms with Crippen molar-refractivity contribution in [2.45, 2.75) is 16.7 Å². The summed E-state index contributed by atoms with van der Waals surface area (Å²) in [6, 6.07) is 20.9. The largest absolute Gasteiger partial charge is 0.350 e. The minimum Gasteiger partial charge on any atom is -0.350 e. The molecule has 0 spiro atoms. The predicted octanol–water partition coefficient (Wildman–Crippen LogP) is 7.19. The maximum atomic E-state index is 13.1. The number of carbonyl (C=O) groups excluding carboxylic acids is 1. The van der Waals surface area contributed by atoms with Crippen molar-refractivity contribution in [1.29, 1.82) is 0 Å². The molecule has 1 aromatic heterocycles. The number of hydrogen-bond donors (Lipinski definition) is 2. The van der Waals surface area contributed by atoms with Gasteiger partial charge in [0, 0.05) is 31.5 Å². The Kier molecular flexibility index (Phi) is 5.36. The summed E-state index contributed by atoms with van der Waals surface area (Å²) in [6.45, 7) is 1.93. The third kappa shape index (κ3) is 3.90. The zero-order valence-electron chi connectivity index (χ0n) is 14.9. The Morgan fingerprint density at radius 1 is 0.964 bits per heavy atom. The van der Waals surface area contributed by atoms with E-state index in [0.29, 0.717) is 21.4 Å². The number of rotatable bonds is 4. The molecular weight excluding hydrogens is 411 g/mol. The molecule has 6 heteroatoms. The highest BCUT2D eigenvalue weighted by Crippen LogP contribution is 2.37. The summed E-state index contributed by atoms with van der Waals surface area (Å²) in [6.07, 6.45) is 0. The molecule has 4 aromatic rings. The molecule has 0 unspecified atom stereocenters. The van der Waals surface area contributed by atoms with Crippen LogP contribution in [0.25, 0.3) is 10.9 Å².